The largest absolute Gasteiger partial charge is 0.472 e. The maximum atomic E-state index is 12.9. The lowest BCUT2D eigenvalue weighted by atomic mass is 10.0. The van der Waals surface area contributed by atoms with Crippen LogP contribution in [0.5, 0.6) is 0 Å². The van der Waals surface area contributed by atoms with Crippen LogP contribution in [0.25, 0.3) is 0 Å². The fourth-order valence-electron chi connectivity index (χ4n) is 11.9. The number of allylic oxidation sites excluding steroid dienone is 30. The van der Waals surface area contributed by atoms with Gasteiger partial charge in [0.25, 0.3) is 0 Å². The van der Waals surface area contributed by atoms with Crippen molar-refractivity contribution in [1.29, 1.82) is 0 Å². The highest BCUT2D eigenvalue weighted by Crippen LogP contribution is 2.43. The van der Waals surface area contributed by atoms with Crippen molar-refractivity contribution in [1.82, 2.24) is 0 Å². The molecule has 2 unspecified atom stereocenters. The molecule has 2 atom stereocenters. The number of hydrogen-bond donors (Lipinski definition) is 1. The van der Waals surface area contributed by atoms with Gasteiger partial charge in [-0.05, 0) is 135 Å². The van der Waals surface area contributed by atoms with Crippen molar-refractivity contribution >= 4 is 19.8 Å². The number of phosphoric acid groups is 1. The first-order chi connectivity index (χ1) is 52.0. The smallest absolute Gasteiger partial charge is 0.462 e. The summed E-state index contributed by atoms with van der Waals surface area (Å²) in [6.45, 7) is 4.23. The van der Waals surface area contributed by atoms with E-state index in [4.69, 9.17) is 18.5 Å². The molecule has 0 spiro atoms. The van der Waals surface area contributed by atoms with Crippen molar-refractivity contribution in [3.05, 3.63) is 182 Å². The van der Waals surface area contributed by atoms with Crippen molar-refractivity contribution < 1.29 is 42.1 Å². The second-order valence-electron chi connectivity index (χ2n) is 29.8. The minimum Gasteiger partial charge on any atom is -0.462 e. The van der Waals surface area contributed by atoms with Crippen LogP contribution < -0.4 is 0 Å². The normalized spacial score (nSPS) is 13.9. The zero-order valence-corrected chi connectivity index (χ0v) is 70.0. The van der Waals surface area contributed by atoms with Crippen LogP contribution >= 0.6 is 7.82 Å². The van der Waals surface area contributed by atoms with E-state index in [1.54, 1.807) is 0 Å². The van der Waals surface area contributed by atoms with Gasteiger partial charge in [0.05, 0.1) is 27.7 Å². The molecule has 0 aromatic carbocycles. The van der Waals surface area contributed by atoms with Crippen LogP contribution in [0, 0.1) is 0 Å². The van der Waals surface area contributed by atoms with Crippen molar-refractivity contribution in [3.8, 4) is 0 Å². The van der Waals surface area contributed by atoms with Crippen LogP contribution in [0.4, 0.5) is 0 Å². The van der Waals surface area contributed by atoms with Crippen LogP contribution in [0.3, 0.4) is 0 Å². The third-order valence-electron chi connectivity index (χ3n) is 18.4. The van der Waals surface area contributed by atoms with Gasteiger partial charge in [0, 0.05) is 12.8 Å². The molecule has 0 saturated carbocycles. The van der Waals surface area contributed by atoms with E-state index >= 15 is 0 Å². The SMILES string of the molecule is CC/C=C\C/C=C\C/C=C\C/C=C\C/C=C\C/C=C\C/C=C\C/C=C\C/C=C\CCCCCCCCCCCCCCCC(=O)OC(COC(=O)CCCCCCCCCCCCCCCCCCCCCCCC/C=C\C/C=C\C/C=C\C/C=C\C/C=C\C/C=C\CC)COP(=O)(O)OCC[N+](C)(C)C. The summed E-state index contributed by atoms with van der Waals surface area (Å²) in [5.74, 6) is -0.792. The zero-order valence-electron chi connectivity index (χ0n) is 69.1. The summed E-state index contributed by atoms with van der Waals surface area (Å²) < 4.78 is 34.9. The van der Waals surface area contributed by atoms with Gasteiger partial charge in [-0.3, -0.25) is 18.6 Å². The molecular weight excluding hydrogens is 1330 g/mol. The van der Waals surface area contributed by atoms with Gasteiger partial charge in [-0.25, -0.2) is 4.57 Å². The predicted octanol–water partition coefficient (Wildman–Crippen LogP) is 29.7. The summed E-state index contributed by atoms with van der Waals surface area (Å²) in [5.41, 5.74) is 0. The molecule has 0 saturated heterocycles. The summed E-state index contributed by atoms with van der Waals surface area (Å²) in [7, 11) is 1.47. The number of phosphoric ester groups is 1. The lowest BCUT2D eigenvalue weighted by Gasteiger charge is -2.24. The van der Waals surface area contributed by atoms with Crippen LogP contribution in [0.15, 0.2) is 182 Å². The minimum absolute atomic E-state index is 0.0267. The van der Waals surface area contributed by atoms with Crippen LogP contribution in [0.2, 0.25) is 0 Å². The van der Waals surface area contributed by atoms with Crippen LogP contribution in [-0.2, 0) is 32.7 Å². The van der Waals surface area contributed by atoms with Gasteiger partial charge in [-0.1, -0.05) is 395 Å². The average molecular weight is 1490 g/mol. The molecule has 0 heterocycles. The molecule has 0 fully saturated rings. The standard InChI is InChI=1S/C96H162NO8P/c1-6-8-10-12-14-16-18-20-22-24-26-28-30-32-34-36-38-40-42-44-46-48-50-52-54-56-58-60-62-64-66-68-70-72-74-76-78-80-82-84-86-88-95(98)102-92-94(93-104-106(100,101)103-91-90-97(3,4)5)105-96(99)89-87-85-83-81-79-77-75-73-71-69-67-65-63-61-59-57-55-53-51-49-47-45-43-41-39-37-35-33-31-29-27-25-23-21-19-17-15-13-11-9-7-2/h8-11,14-17,20-23,26-29,32-35,38-41,45,47,51,53,57,59,94H,6-7,12-13,18-19,24-25,30-31,36-37,42-44,46,48-50,52,54-56,58,60-93H2,1-5H3/p+1/b10-8-,11-9-,16-14-,17-15-,22-20-,23-21-,28-26-,29-27-,34-32-,35-33-,40-38-,41-39-,47-45-,53-51-,59-57-. The van der Waals surface area contributed by atoms with E-state index in [0.29, 0.717) is 17.4 Å². The Balaban J connectivity index is 3.96. The summed E-state index contributed by atoms with van der Waals surface area (Å²) in [5, 5.41) is 0. The minimum atomic E-state index is -4.41. The molecule has 0 bridgehead atoms. The molecule has 10 heteroatoms. The molecule has 0 radical (unpaired) electrons. The number of unbranched alkanes of at least 4 members (excludes halogenated alkanes) is 35. The highest BCUT2D eigenvalue weighted by atomic mass is 31.2. The topological polar surface area (TPSA) is 108 Å². The van der Waals surface area contributed by atoms with E-state index in [-0.39, 0.29) is 32.0 Å². The molecule has 0 aliphatic heterocycles. The fourth-order valence-corrected chi connectivity index (χ4v) is 12.6. The number of rotatable bonds is 79. The maximum Gasteiger partial charge on any atom is 0.472 e. The second kappa shape index (κ2) is 84.1. The number of carbonyl (C=O) groups excluding carboxylic acids is 2. The second-order valence-corrected chi connectivity index (χ2v) is 31.3. The Bertz CT molecular complexity index is 2460. The first kappa shape index (κ1) is 101. The zero-order chi connectivity index (χ0) is 76.8. The summed E-state index contributed by atoms with van der Waals surface area (Å²) >= 11 is 0. The van der Waals surface area contributed by atoms with E-state index in [1.807, 2.05) is 21.1 Å². The molecular formula is C96H163NO8P+. The molecule has 0 aliphatic carbocycles. The van der Waals surface area contributed by atoms with E-state index in [0.717, 1.165) is 135 Å². The van der Waals surface area contributed by atoms with Crippen LogP contribution in [-0.4, -0.2) is 74.9 Å². The average Bonchev–Trinajstić information content (AvgIpc) is 0.908. The molecule has 604 valence electrons. The molecule has 0 aliphatic rings. The summed E-state index contributed by atoms with van der Waals surface area (Å²) in [6, 6.07) is 0. The maximum absolute atomic E-state index is 12.9. The molecule has 0 aromatic heterocycles. The van der Waals surface area contributed by atoms with Gasteiger partial charge in [0.15, 0.2) is 6.10 Å². The Kier molecular flexibility index (Phi) is 80.3. The van der Waals surface area contributed by atoms with Crippen molar-refractivity contribution in [2.45, 2.75) is 367 Å². The van der Waals surface area contributed by atoms with Crippen LogP contribution in [0.1, 0.15) is 361 Å². The Hall–Kier alpha value is -4.89. The third kappa shape index (κ3) is 88.0. The molecule has 0 rings (SSSR count). The monoisotopic (exact) mass is 1490 g/mol. The van der Waals surface area contributed by atoms with Crippen molar-refractivity contribution in [3.63, 3.8) is 0 Å². The Labute approximate surface area is 654 Å². The van der Waals surface area contributed by atoms with Gasteiger partial charge < -0.3 is 18.9 Å². The van der Waals surface area contributed by atoms with Gasteiger partial charge in [-0.2, -0.15) is 0 Å². The lowest BCUT2D eigenvalue weighted by molar-refractivity contribution is -0.870. The predicted molar refractivity (Wildman–Crippen MR) is 463 cm³/mol. The summed E-state index contributed by atoms with van der Waals surface area (Å²) in [6.07, 6.45) is 129. The number of nitrogens with zero attached hydrogens (tertiary/aromatic N) is 1. The quantitative estimate of drug-likeness (QED) is 0.0211. The van der Waals surface area contributed by atoms with Gasteiger partial charge in [-0.15, -0.1) is 0 Å². The number of hydrogen-bond acceptors (Lipinski definition) is 7. The number of ether oxygens (including phenoxy) is 2. The first-order valence-corrected chi connectivity index (χ1v) is 45.0. The Morgan fingerprint density at radius 2 is 0.509 bits per heavy atom. The van der Waals surface area contributed by atoms with E-state index in [2.05, 4.69) is 196 Å². The number of carbonyl (C=O) groups is 2. The molecule has 1 N–H and O–H groups in total. The number of likely N-dealkylation sites (N-methyl/N-ethyl adjacent to an activating group) is 1. The van der Waals surface area contributed by atoms with Gasteiger partial charge >= 0.3 is 19.8 Å². The molecule has 9 nitrogen and oxygen atoms in total. The number of quaternary nitrogens is 1. The lowest BCUT2D eigenvalue weighted by Crippen LogP contribution is -2.37. The van der Waals surface area contributed by atoms with E-state index < -0.39 is 26.5 Å². The van der Waals surface area contributed by atoms with Gasteiger partial charge in [0.2, 0.25) is 0 Å². The first-order valence-electron chi connectivity index (χ1n) is 43.5. The molecule has 0 amide bonds. The van der Waals surface area contributed by atoms with E-state index in [1.165, 1.54) is 193 Å². The molecule has 106 heavy (non-hydrogen) atoms. The Morgan fingerprint density at radius 3 is 0.755 bits per heavy atom. The van der Waals surface area contributed by atoms with Crippen molar-refractivity contribution in [2.75, 3.05) is 47.5 Å². The Morgan fingerprint density at radius 1 is 0.292 bits per heavy atom. The highest BCUT2D eigenvalue weighted by Gasteiger charge is 2.27. The fraction of sp³-hybridized carbons (Fsp3) is 0.667. The number of esters is 2. The van der Waals surface area contributed by atoms with Gasteiger partial charge in [0.1, 0.15) is 19.8 Å². The van der Waals surface area contributed by atoms with Crippen molar-refractivity contribution in [2.24, 2.45) is 0 Å². The van der Waals surface area contributed by atoms with E-state index in [9.17, 15) is 19.0 Å². The third-order valence-corrected chi connectivity index (χ3v) is 19.4. The highest BCUT2D eigenvalue weighted by molar-refractivity contribution is 7.47. The summed E-state index contributed by atoms with van der Waals surface area (Å²) in [4.78, 5) is 36.1. The molecule has 0 aromatic rings.